The third-order valence-corrected chi connectivity index (χ3v) is 2.81. The van der Waals surface area contributed by atoms with Crippen LogP contribution in [0.1, 0.15) is 10.4 Å². The first-order valence-corrected chi connectivity index (χ1v) is 5.73. The molecule has 0 atom stereocenters. The number of carbonyl (C=O) groups is 1. The summed E-state index contributed by atoms with van der Waals surface area (Å²) in [5, 5.41) is 0.534. The Kier molecular flexibility index (Phi) is 3.62. The molecular weight excluding hydrogens is 277 g/mol. The Bertz CT molecular complexity index is 603. The summed E-state index contributed by atoms with van der Waals surface area (Å²) >= 11 is 5.74. The first kappa shape index (κ1) is 13.6. The van der Waals surface area contributed by atoms with Crippen LogP contribution in [0.2, 0.25) is 5.02 Å². The van der Waals surface area contributed by atoms with Crippen LogP contribution in [0.5, 0.6) is 0 Å². The third-order valence-electron chi connectivity index (χ3n) is 2.56. The summed E-state index contributed by atoms with van der Waals surface area (Å²) < 4.78 is 37.1. The van der Waals surface area contributed by atoms with Crippen LogP contribution in [0.25, 0.3) is 11.1 Å². The molecule has 5 heteroatoms. The molecule has 2 aromatic rings. The van der Waals surface area contributed by atoms with E-state index >= 15 is 0 Å². The van der Waals surface area contributed by atoms with Gasteiger partial charge in [-0.05, 0) is 29.3 Å². The van der Waals surface area contributed by atoms with E-state index in [9.17, 15) is 18.0 Å². The summed E-state index contributed by atoms with van der Waals surface area (Å²) in [4.78, 5) is 11.2. The van der Waals surface area contributed by atoms with Crippen LogP contribution in [0, 0.1) is 0 Å². The van der Waals surface area contributed by atoms with Crippen LogP contribution in [0.15, 0.2) is 48.5 Å². The highest BCUT2D eigenvalue weighted by atomic mass is 35.5. The third kappa shape index (κ3) is 3.15. The van der Waals surface area contributed by atoms with Gasteiger partial charge in [0.2, 0.25) is 0 Å². The van der Waals surface area contributed by atoms with E-state index in [4.69, 9.17) is 11.6 Å². The van der Waals surface area contributed by atoms with Gasteiger partial charge in [-0.2, -0.15) is 13.2 Å². The number of ketones is 1. The number of hydrogen-bond donors (Lipinski definition) is 0. The lowest BCUT2D eigenvalue weighted by atomic mass is 10.0. The van der Waals surface area contributed by atoms with Crippen molar-refractivity contribution in [3.8, 4) is 11.1 Å². The minimum Gasteiger partial charge on any atom is -0.284 e. The molecule has 0 N–H and O–H groups in total. The lowest BCUT2D eigenvalue weighted by molar-refractivity contribution is -0.0885. The first-order chi connectivity index (χ1) is 8.88. The molecule has 0 amide bonds. The van der Waals surface area contributed by atoms with Gasteiger partial charge in [0.05, 0.1) is 0 Å². The Morgan fingerprint density at radius 1 is 0.947 bits per heavy atom. The first-order valence-electron chi connectivity index (χ1n) is 5.35. The highest BCUT2D eigenvalue weighted by Gasteiger charge is 2.39. The van der Waals surface area contributed by atoms with Gasteiger partial charge in [-0.15, -0.1) is 0 Å². The molecule has 2 rings (SSSR count). The smallest absolute Gasteiger partial charge is 0.284 e. The largest absolute Gasteiger partial charge is 0.454 e. The second-order valence-corrected chi connectivity index (χ2v) is 4.35. The quantitative estimate of drug-likeness (QED) is 0.727. The highest BCUT2D eigenvalue weighted by molar-refractivity contribution is 6.30. The molecule has 0 heterocycles. The van der Waals surface area contributed by atoms with Crippen molar-refractivity contribution >= 4 is 17.4 Å². The zero-order valence-corrected chi connectivity index (χ0v) is 10.3. The molecule has 0 aliphatic carbocycles. The number of rotatable bonds is 2. The van der Waals surface area contributed by atoms with Gasteiger partial charge in [-0.25, -0.2) is 0 Å². The van der Waals surface area contributed by atoms with E-state index in [1.54, 1.807) is 30.3 Å². The number of hydrogen-bond acceptors (Lipinski definition) is 1. The molecule has 0 saturated carbocycles. The molecule has 0 saturated heterocycles. The van der Waals surface area contributed by atoms with E-state index in [1.807, 2.05) is 0 Å². The second kappa shape index (κ2) is 5.05. The predicted octanol–water partition coefficient (Wildman–Crippen LogP) is 4.75. The molecule has 0 aromatic heterocycles. The van der Waals surface area contributed by atoms with E-state index in [0.717, 1.165) is 6.07 Å². The summed E-state index contributed by atoms with van der Waals surface area (Å²) in [7, 11) is 0. The lowest BCUT2D eigenvalue weighted by Crippen LogP contribution is -2.22. The van der Waals surface area contributed by atoms with Crippen molar-refractivity contribution in [1.29, 1.82) is 0 Å². The van der Waals surface area contributed by atoms with Crippen LogP contribution in [0.3, 0.4) is 0 Å². The standard InChI is InChI=1S/C14H8ClF3O/c15-12-6-4-9(5-7-12)10-2-1-3-11(8-10)13(19)14(16,17)18/h1-8H. The Morgan fingerprint density at radius 2 is 1.58 bits per heavy atom. The van der Waals surface area contributed by atoms with Crippen molar-refractivity contribution in [2.24, 2.45) is 0 Å². The number of alkyl halides is 3. The maximum absolute atomic E-state index is 12.4. The SMILES string of the molecule is O=C(c1cccc(-c2ccc(Cl)cc2)c1)C(F)(F)F. The number of carbonyl (C=O) groups excluding carboxylic acids is 1. The van der Waals surface area contributed by atoms with Gasteiger partial charge in [0, 0.05) is 10.6 Å². The maximum atomic E-state index is 12.4. The monoisotopic (exact) mass is 284 g/mol. The van der Waals surface area contributed by atoms with Crippen molar-refractivity contribution in [1.82, 2.24) is 0 Å². The Balaban J connectivity index is 2.40. The Hall–Kier alpha value is -1.81. The average Bonchev–Trinajstić information content (AvgIpc) is 2.38. The molecule has 0 radical (unpaired) electrons. The average molecular weight is 285 g/mol. The fourth-order valence-corrected chi connectivity index (χ4v) is 1.77. The van der Waals surface area contributed by atoms with Gasteiger partial charge in [0.25, 0.3) is 5.78 Å². The van der Waals surface area contributed by atoms with Crippen molar-refractivity contribution in [2.75, 3.05) is 0 Å². The number of halogens is 4. The maximum Gasteiger partial charge on any atom is 0.454 e. The second-order valence-electron chi connectivity index (χ2n) is 3.91. The molecular formula is C14H8ClF3O. The van der Waals surface area contributed by atoms with Gasteiger partial charge >= 0.3 is 6.18 Å². The van der Waals surface area contributed by atoms with E-state index in [-0.39, 0.29) is 5.56 Å². The zero-order valence-electron chi connectivity index (χ0n) is 9.54. The van der Waals surface area contributed by atoms with Gasteiger partial charge in [0.1, 0.15) is 0 Å². The molecule has 0 spiro atoms. The molecule has 1 nitrogen and oxygen atoms in total. The minimum atomic E-state index is -4.86. The van der Waals surface area contributed by atoms with Crippen molar-refractivity contribution in [3.63, 3.8) is 0 Å². The number of benzene rings is 2. The topological polar surface area (TPSA) is 17.1 Å². The van der Waals surface area contributed by atoms with E-state index in [2.05, 4.69) is 0 Å². The summed E-state index contributed by atoms with van der Waals surface area (Å²) in [5.41, 5.74) is 0.855. The van der Waals surface area contributed by atoms with E-state index in [1.165, 1.54) is 12.1 Å². The molecule has 98 valence electrons. The summed E-state index contributed by atoms with van der Waals surface area (Å²) in [5.74, 6) is -1.84. The Morgan fingerprint density at radius 3 is 2.16 bits per heavy atom. The van der Waals surface area contributed by atoms with Crippen LogP contribution < -0.4 is 0 Å². The van der Waals surface area contributed by atoms with Crippen LogP contribution in [0.4, 0.5) is 13.2 Å². The molecule has 0 aliphatic heterocycles. The van der Waals surface area contributed by atoms with Gasteiger partial charge in [-0.3, -0.25) is 4.79 Å². The normalized spacial score (nSPS) is 11.4. The van der Waals surface area contributed by atoms with Crippen LogP contribution >= 0.6 is 11.6 Å². The molecule has 0 bridgehead atoms. The van der Waals surface area contributed by atoms with Gasteiger partial charge < -0.3 is 0 Å². The van der Waals surface area contributed by atoms with Crippen molar-refractivity contribution < 1.29 is 18.0 Å². The predicted molar refractivity (Wildman–Crippen MR) is 67.3 cm³/mol. The van der Waals surface area contributed by atoms with Crippen LogP contribution in [-0.2, 0) is 0 Å². The van der Waals surface area contributed by atoms with Gasteiger partial charge in [-0.1, -0.05) is 41.9 Å². The summed E-state index contributed by atoms with van der Waals surface area (Å²) in [6.07, 6.45) is -4.86. The van der Waals surface area contributed by atoms with Crippen molar-refractivity contribution in [3.05, 3.63) is 59.1 Å². The fourth-order valence-electron chi connectivity index (χ4n) is 1.65. The van der Waals surface area contributed by atoms with E-state index < -0.39 is 12.0 Å². The summed E-state index contributed by atoms with van der Waals surface area (Å²) in [6.45, 7) is 0. The lowest BCUT2D eigenvalue weighted by Gasteiger charge is -2.07. The fraction of sp³-hybridized carbons (Fsp3) is 0.0714. The van der Waals surface area contributed by atoms with Crippen LogP contribution in [-0.4, -0.2) is 12.0 Å². The zero-order chi connectivity index (χ0) is 14.0. The molecule has 0 unspecified atom stereocenters. The molecule has 2 aromatic carbocycles. The highest BCUT2D eigenvalue weighted by Crippen LogP contribution is 2.26. The minimum absolute atomic E-state index is 0.375. The Labute approximate surface area is 112 Å². The molecule has 0 fully saturated rings. The van der Waals surface area contributed by atoms with E-state index in [0.29, 0.717) is 16.1 Å². The summed E-state index contributed by atoms with van der Waals surface area (Å²) in [6, 6.07) is 12.1. The van der Waals surface area contributed by atoms with Crippen molar-refractivity contribution in [2.45, 2.75) is 6.18 Å². The molecule has 19 heavy (non-hydrogen) atoms. The van der Waals surface area contributed by atoms with Gasteiger partial charge in [0.15, 0.2) is 0 Å². The molecule has 0 aliphatic rings. The number of Topliss-reactive ketones (excluding diaryl/α,β-unsaturated/α-hetero) is 1.